The van der Waals surface area contributed by atoms with Gasteiger partial charge in [0.1, 0.15) is 0 Å². The molecule has 5 heteroatoms. The Morgan fingerprint density at radius 3 is 2.44 bits per heavy atom. The Labute approximate surface area is 95.0 Å². The van der Waals surface area contributed by atoms with Crippen molar-refractivity contribution in [3.05, 3.63) is 0 Å². The molecule has 0 radical (unpaired) electrons. The lowest BCUT2D eigenvalue weighted by Crippen LogP contribution is -2.37. The van der Waals surface area contributed by atoms with E-state index >= 15 is 0 Å². The number of nitrogens with zero attached hydrogens (tertiary/aromatic N) is 2. The minimum Gasteiger partial charge on any atom is -0.396 e. The molecule has 2 fully saturated rings. The lowest BCUT2D eigenvalue weighted by molar-refractivity contribution is -0.138. The molecule has 1 N–H and O–H groups in total. The minimum atomic E-state index is -0.0390. The highest BCUT2D eigenvalue weighted by molar-refractivity contribution is 6.01. The molecule has 90 valence electrons. The topological polar surface area (TPSA) is 60.9 Å². The van der Waals surface area contributed by atoms with Gasteiger partial charge in [0.2, 0.25) is 11.8 Å². The summed E-state index contributed by atoms with van der Waals surface area (Å²) in [6.07, 6.45) is 1.76. The maximum atomic E-state index is 11.4. The second-order valence-corrected chi connectivity index (χ2v) is 4.58. The number of carbonyl (C=O) groups is 2. The fourth-order valence-corrected chi connectivity index (χ4v) is 2.38. The molecule has 2 aliphatic heterocycles. The molecule has 0 spiro atoms. The van der Waals surface area contributed by atoms with Crippen LogP contribution in [-0.2, 0) is 9.59 Å². The maximum Gasteiger partial charge on any atom is 0.229 e. The third-order valence-corrected chi connectivity index (χ3v) is 3.42. The van der Waals surface area contributed by atoms with Crippen molar-refractivity contribution in [1.82, 2.24) is 9.80 Å². The fraction of sp³-hybridized carbons (Fsp3) is 0.818. The highest BCUT2D eigenvalue weighted by atomic mass is 16.3. The van der Waals surface area contributed by atoms with Gasteiger partial charge in [-0.2, -0.15) is 0 Å². The third-order valence-electron chi connectivity index (χ3n) is 3.42. The molecule has 0 aromatic carbocycles. The van der Waals surface area contributed by atoms with Gasteiger partial charge in [-0.1, -0.05) is 0 Å². The van der Waals surface area contributed by atoms with Gasteiger partial charge < -0.3 is 10.0 Å². The second kappa shape index (κ2) is 4.93. The molecule has 1 unspecified atom stereocenters. The van der Waals surface area contributed by atoms with Gasteiger partial charge in [-0.15, -0.1) is 0 Å². The smallest absolute Gasteiger partial charge is 0.229 e. The van der Waals surface area contributed by atoms with E-state index in [9.17, 15) is 9.59 Å². The maximum absolute atomic E-state index is 11.4. The van der Waals surface area contributed by atoms with Crippen LogP contribution in [0.4, 0.5) is 0 Å². The van der Waals surface area contributed by atoms with Crippen molar-refractivity contribution in [2.75, 3.05) is 32.8 Å². The van der Waals surface area contributed by atoms with Gasteiger partial charge in [-0.05, 0) is 18.9 Å². The second-order valence-electron chi connectivity index (χ2n) is 4.58. The largest absolute Gasteiger partial charge is 0.396 e. The van der Waals surface area contributed by atoms with Crippen molar-refractivity contribution in [2.45, 2.75) is 19.3 Å². The Hall–Kier alpha value is -0.940. The van der Waals surface area contributed by atoms with Crippen molar-refractivity contribution in [3.63, 3.8) is 0 Å². The van der Waals surface area contributed by atoms with Crippen LogP contribution < -0.4 is 0 Å². The van der Waals surface area contributed by atoms with Gasteiger partial charge in [0, 0.05) is 39.1 Å². The normalized spacial score (nSPS) is 27.1. The van der Waals surface area contributed by atoms with E-state index in [4.69, 9.17) is 5.11 Å². The summed E-state index contributed by atoms with van der Waals surface area (Å²) >= 11 is 0. The molecular formula is C11H18N2O3. The first-order valence-corrected chi connectivity index (χ1v) is 5.87. The summed E-state index contributed by atoms with van der Waals surface area (Å²) in [6.45, 7) is 3.33. The number of aliphatic hydroxyl groups is 1. The molecular weight excluding hydrogens is 208 g/mol. The van der Waals surface area contributed by atoms with Gasteiger partial charge in [0.05, 0.1) is 0 Å². The number of likely N-dealkylation sites (tertiary alicyclic amines) is 2. The Bertz CT molecular complexity index is 277. The van der Waals surface area contributed by atoms with E-state index in [2.05, 4.69) is 4.90 Å². The molecule has 0 bridgehead atoms. The first-order chi connectivity index (χ1) is 7.70. The van der Waals surface area contributed by atoms with Gasteiger partial charge in [0.25, 0.3) is 0 Å². The average molecular weight is 226 g/mol. The predicted octanol–water partition coefficient (Wildman–Crippen LogP) is -0.550. The van der Waals surface area contributed by atoms with Crippen molar-refractivity contribution >= 4 is 11.8 Å². The highest BCUT2D eigenvalue weighted by Gasteiger charge is 2.29. The molecule has 2 aliphatic rings. The van der Waals surface area contributed by atoms with Crippen molar-refractivity contribution < 1.29 is 14.7 Å². The minimum absolute atomic E-state index is 0.0390. The quantitative estimate of drug-likeness (QED) is 0.653. The monoisotopic (exact) mass is 226 g/mol. The number of aliphatic hydroxyl groups excluding tert-OH is 1. The zero-order valence-corrected chi connectivity index (χ0v) is 9.39. The van der Waals surface area contributed by atoms with Crippen LogP contribution in [-0.4, -0.2) is 59.5 Å². The standard InChI is InChI=1S/C11H18N2O3/c14-8-9-3-4-12(7-9)5-6-13-10(15)1-2-11(13)16/h9,14H,1-8H2. The van der Waals surface area contributed by atoms with Crippen LogP contribution in [0.25, 0.3) is 0 Å². The number of hydrogen-bond acceptors (Lipinski definition) is 4. The summed E-state index contributed by atoms with van der Waals surface area (Å²) in [4.78, 5) is 26.3. The van der Waals surface area contributed by atoms with Crippen LogP contribution in [0.2, 0.25) is 0 Å². The van der Waals surface area contributed by atoms with Crippen LogP contribution in [0.1, 0.15) is 19.3 Å². The molecule has 16 heavy (non-hydrogen) atoms. The molecule has 2 amide bonds. The van der Waals surface area contributed by atoms with E-state index in [1.165, 1.54) is 4.90 Å². The lowest BCUT2D eigenvalue weighted by Gasteiger charge is -2.19. The SMILES string of the molecule is O=C1CCC(=O)N1CCN1CCC(CO)C1. The van der Waals surface area contributed by atoms with Crippen molar-refractivity contribution in [2.24, 2.45) is 5.92 Å². The summed E-state index contributed by atoms with van der Waals surface area (Å²) in [7, 11) is 0. The van der Waals surface area contributed by atoms with E-state index in [1.54, 1.807) is 0 Å². The summed E-state index contributed by atoms with van der Waals surface area (Å²) in [5, 5.41) is 9.00. The first-order valence-electron chi connectivity index (χ1n) is 5.87. The lowest BCUT2D eigenvalue weighted by atomic mass is 10.1. The van der Waals surface area contributed by atoms with Crippen molar-refractivity contribution in [3.8, 4) is 0 Å². The average Bonchev–Trinajstić information content (AvgIpc) is 2.85. The summed E-state index contributed by atoms with van der Waals surface area (Å²) in [6, 6.07) is 0. The molecule has 0 aromatic heterocycles. The van der Waals surface area contributed by atoms with Gasteiger partial charge in [0.15, 0.2) is 0 Å². The zero-order chi connectivity index (χ0) is 11.5. The molecule has 0 aromatic rings. The van der Waals surface area contributed by atoms with E-state index in [-0.39, 0.29) is 18.4 Å². The van der Waals surface area contributed by atoms with Crippen LogP contribution in [0.3, 0.4) is 0 Å². The molecule has 2 rings (SSSR count). The number of imide groups is 1. The van der Waals surface area contributed by atoms with Crippen LogP contribution in [0, 0.1) is 5.92 Å². The molecule has 1 atom stereocenters. The van der Waals surface area contributed by atoms with E-state index in [0.29, 0.717) is 25.3 Å². The van der Waals surface area contributed by atoms with Crippen LogP contribution in [0.15, 0.2) is 0 Å². The zero-order valence-electron chi connectivity index (χ0n) is 9.39. The fourth-order valence-electron chi connectivity index (χ4n) is 2.38. The van der Waals surface area contributed by atoms with Gasteiger partial charge in [-0.25, -0.2) is 0 Å². The van der Waals surface area contributed by atoms with Crippen molar-refractivity contribution in [1.29, 1.82) is 0 Å². The van der Waals surface area contributed by atoms with Gasteiger partial charge in [-0.3, -0.25) is 14.5 Å². The molecule has 2 saturated heterocycles. The third kappa shape index (κ3) is 2.41. The number of amides is 2. The number of rotatable bonds is 4. The Kier molecular flexibility index (Phi) is 3.56. The highest BCUT2D eigenvalue weighted by Crippen LogP contribution is 2.16. The summed E-state index contributed by atoms with van der Waals surface area (Å²) in [5.74, 6) is 0.288. The molecule has 0 saturated carbocycles. The Morgan fingerprint density at radius 2 is 1.88 bits per heavy atom. The Morgan fingerprint density at radius 1 is 1.19 bits per heavy atom. The number of carbonyl (C=O) groups excluding carboxylic acids is 2. The van der Waals surface area contributed by atoms with E-state index in [1.807, 2.05) is 0 Å². The number of hydrogen-bond donors (Lipinski definition) is 1. The van der Waals surface area contributed by atoms with Crippen LogP contribution in [0.5, 0.6) is 0 Å². The predicted molar refractivity (Wildman–Crippen MR) is 57.6 cm³/mol. The summed E-state index contributed by atoms with van der Waals surface area (Å²) < 4.78 is 0. The van der Waals surface area contributed by atoms with E-state index in [0.717, 1.165) is 26.1 Å². The van der Waals surface area contributed by atoms with Crippen LogP contribution >= 0.6 is 0 Å². The summed E-state index contributed by atoms with van der Waals surface area (Å²) in [5.41, 5.74) is 0. The Balaban J connectivity index is 1.75. The van der Waals surface area contributed by atoms with E-state index < -0.39 is 0 Å². The molecule has 5 nitrogen and oxygen atoms in total. The molecule has 2 heterocycles. The molecule has 0 aliphatic carbocycles. The first kappa shape index (κ1) is 11.5. The van der Waals surface area contributed by atoms with Gasteiger partial charge >= 0.3 is 0 Å².